The number of anilines is 1. The maximum Gasteiger partial charge on any atom is 0.248 e. The van der Waals surface area contributed by atoms with Crippen molar-refractivity contribution in [2.75, 3.05) is 24.5 Å². The second-order valence-corrected chi connectivity index (χ2v) is 12.1. The number of likely N-dealkylation sites (tertiary alicyclic amines) is 1. The standard InChI is InChI=1S/C28H40N6O3/c1-18-7-11-20(12-8-18)32-13-5-6-21(32)15-29-26(36)24-14-22(35)16-33(24)27(37)25(28(2,3)4)34-17-23(30-31-34)19-9-10-19/h7-8,11-12,17,19,21-22,24-25,35H,5-6,9-10,13-16H2,1-4H3,(H,29,36)/t21-,22+,24-,25+/m0/s1. The first-order chi connectivity index (χ1) is 17.6. The Labute approximate surface area is 219 Å². The van der Waals surface area contributed by atoms with E-state index in [4.69, 9.17) is 0 Å². The predicted octanol–water partition coefficient (Wildman–Crippen LogP) is 2.80. The van der Waals surface area contributed by atoms with Crippen LogP contribution in [0.2, 0.25) is 0 Å². The summed E-state index contributed by atoms with van der Waals surface area (Å²) in [4.78, 5) is 31.2. The molecule has 3 fully saturated rings. The monoisotopic (exact) mass is 508 g/mol. The molecule has 2 amide bonds. The SMILES string of the molecule is Cc1ccc(N2CCC[C@H]2CNC(=O)[C@@H]2C[C@@H](O)CN2C(=O)[C@@H](n2cc(C3CC3)nn2)C(C)(C)C)cc1. The minimum Gasteiger partial charge on any atom is -0.391 e. The third-order valence-electron chi connectivity index (χ3n) is 7.96. The van der Waals surface area contributed by atoms with Crippen molar-refractivity contribution >= 4 is 17.5 Å². The quantitative estimate of drug-likeness (QED) is 0.596. The lowest BCUT2D eigenvalue weighted by Gasteiger charge is -2.35. The molecule has 0 bridgehead atoms. The summed E-state index contributed by atoms with van der Waals surface area (Å²) in [5.41, 5.74) is 2.87. The molecule has 9 heteroatoms. The highest BCUT2D eigenvalue weighted by atomic mass is 16.3. The predicted molar refractivity (Wildman–Crippen MR) is 141 cm³/mol. The number of carbonyl (C=O) groups excluding carboxylic acids is 2. The van der Waals surface area contributed by atoms with E-state index in [9.17, 15) is 14.7 Å². The van der Waals surface area contributed by atoms with Gasteiger partial charge in [-0.25, -0.2) is 4.68 Å². The average Bonchev–Trinajstić information content (AvgIpc) is 3.22. The molecule has 1 aromatic heterocycles. The van der Waals surface area contributed by atoms with E-state index in [0.29, 0.717) is 12.5 Å². The van der Waals surface area contributed by atoms with Gasteiger partial charge in [-0.15, -0.1) is 5.10 Å². The molecule has 2 N–H and O–H groups in total. The second kappa shape index (κ2) is 10.1. The number of aliphatic hydroxyl groups excluding tert-OH is 1. The number of carbonyl (C=O) groups is 2. The minimum atomic E-state index is -0.728. The molecule has 2 aromatic rings. The number of amides is 2. The molecule has 5 rings (SSSR count). The van der Waals surface area contributed by atoms with Crippen LogP contribution in [0.15, 0.2) is 30.5 Å². The van der Waals surface area contributed by atoms with E-state index in [2.05, 4.69) is 51.7 Å². The first kappa shape index (κ1) is 25.7. The van der Waals surface area contributed by atoms with Gasteiger partial charge >= 0.3 is 0 Å². The van der Waals surface area contributed by atoms with Crippen molar-refractivity contribution in [3.05, 3.63) is 41.7 Å². The van der Waals surface area contributed by atoms with Gasteiger partial charge in [-0.2, -0.15) is 0 Å². The van der Waals surface area contributed by atoms with Crippen LogP contribution in [-0.4, -0.2) is 74.6 Å². The van der Waals surface area contributed by atoms with Crippen LogP contribution in [0, 0.1) is 12.3 Å². The van der Waals surface area contributed by atoms with Gasteiger partial charge < -0.3 is 20.2 Å². The molecule has 1 saturated carbocycles. The Bertz CT molecular complexity index is 1120. The van der Waals surface area contributed by atoms with Gasteiger partial charge in [0, 0.05) is 49.9 Å². The molecule has 0 spiro atoms. The highest BCUT2D eigenvalue weighted by Crippen LogP contribution is 2.40. The summed E-state index contributed by atoms with van der Waals surface area (Å²) in [7, 11) is 0. The first-order valence-electron chi connectivity index (χ1n) is 13.6. The van der Waals surface area contributed by atoms with Gasteiger partial charge in [0.05, 0.1) is 11.8 Å². The molecule has 37 heavy (non-hydrogen) atoms. The lowest BCUT2D eigenvalue weighted by Crippen LogP contribution is -2.52. The van der Waals surface area contributed by atoms with Gasteiger partial charge in [0.2, 0.25) is 11.8 Å². The van der Waals surface area contributed by atoms with Gasteiger partial charge in [-0.1, -0.05) is 43.7 Å². The Morgan fingerprint density at radius 2 is 1.89 bits per heavy atom. The van der Waals surface area contributed by atoms with Crippen molar-refractivity contribution < 1.29 is 14.7 Å². The van der Waals surface area contributed by atoms with E-state index in [0.717, 1.165) is 37.9 Å². The van der Waals surface area contributed by atoms with E-state index in [-0.39, 0.29) is 30.8 Å². The number of β-amino-alcohol motifs (C(OH)–C–C–N with tert-alkyl or cyclic N) is 1. The van der Waals surface area contributed by atoms with Gasteiger partial charge in [-0.3, -0.25) is 9.59 Å². The zero-order valence-electron chi connectivity index (χ0n) is 22.4. The molecule has 4 atom stereocenters. The molecule has 2 aliphatic heterocycles. The van der Waals surface area contributed by atoms with Crippen molar-refractivity contribution in [3.63, 3.8) is 0 Å². The molecular weight excluding hydrogens is 468 g/mol. The summed E-state index contributed by atoms with van der Waals surface area (Å²) in [6, 6.07) is 7.39. The maximum absolute atomic E-state index is 13.9. The number of nitrogens with one attached hydrogen (secondary N) is 1. The molecule has 2 saturated heterocycles. The van der Waals surface area contributed by atoms with Crippen LogP contribution in [0.1, 0.15) is 76.1 Å². The lowest BCUT2D eigenvalue weighted by atomic mass is 9.85. The summed E-state index contributed by atoms with van der Waals surface area (Å²) >= 11 is 0. The highest BCUT2D eigenvalue weighted by Gasteiger charge is 2.45. The summed E-state index contributed by atoms with van der Waals surface area (Å²) < 4.78 is 1.66. The van der Waals surface area contributed by atoms with Crippen LogP contribution in [0.3, 0.4) is 0 Å². The Morgan fingerprint density at radius 1 is 1.16 bits per heavy atom. The molecule has 1 aromatic carbocycles. The van der Waals surface area contributed by atoms with E-state index in [1.807, 2.05) is 27.0 Å². The number of aliphatic hydroxyl groups is 1. The minimum absolute atomic E-state index is 0.145. The fraction of sp³-hybridized carbons (Fsp3) is 0.643. The smallest absolute Gasteiger partial charge is 0.248 e. The van der Waals surface area contributed by atoms with Crippen molar-refractivity contribution in [2.45, 2.75) is 89.9 Å². The lowest BCUT2D eigenvalue weighted by molar-refractivity contribution is -0.144. The van der Waals surface area contributed by atoms with Crippen LogP contribution in [0.25, 0.3) is 0 Å². The third kappa shape index (κ3) is 5.51. The Kier molecular flexibility index (Phi) is 7.00. The Morgan fingerprint density at radius 3 is 2.57 bits per heavy atom. The van der Waals surface area contributed by atoms with Crippen molar-refractivity contribution in [1.82, 2.24) is 25.2 Å². The molecule has 3 aliphatic rings. The average molecular weight is 509 g/mol. The summed E-state index contributed by atoms with van der Waals surface area (Å²) in [6.07, 6.45) is 5.69. The fourth-order valence-electron chi connectivity index (χ4n) is 5.79. The molecule has 1 aliphatic carbocycles. The number of nitrogens with zero attached hydrogens (tertiary/aromatic N) is 5. The molecule has 9 nitrogen and oxygen atoms in total. The van der Waals surface area contributed by atoms with E-state index in [1.165, 1.54) is 11.3 Å². The van der Waals surface area contributed by atoms with Gasteiger partial charge in [0.1, 0.15) is 12.1 Å². The number of aromatic nitrogens is 3. The fourth-order valence-corrected chi connectivity index (χ4v) is 5.79. The number of hydrogen-bond acceptors (Lipinski definition) is 6. The van der Waals surface area contributed by atoms with Crippen LogP contribution < -0.4 is 10.2 Å². The molecular formula is C28H40N6O3. The van der Waals surface area contributed by atoms with Crippen LogP contribution in [0.4, 0.5) is 5.69 Å². The Balaban J connectivity index is 1.28. The molecule has 0 radical (unpaired) electrons. The highest BCUT2D eigenvalue weighted by molar-refractivity contribution is 5.90. The van der Waals surface area contributed by atoms with Crippen LogP contribution >= 0.6 is 0 Å². The molecule has 200 valence electrons. The first-order valence-corrected chi connectivity index (χ1v) is 13.6. The second-order valence-electron chi connectivity index (χ2n) is 12.1. The molecule has 0 unspecified atom stereocenters. The van der Waals surface area contributed by atoms with E-state index >= 15 is 0 Å². The summed E-state index contributed by atoms with van der Waals surface area (Å²) in [5.74, 6) is 0.0378. The van der Waals surface area contributed by atoms with Crippen LogP contribution in [0.5, 0.6) is 0 Å². The number of benzene rings is 1. The number of aryl methyl sites for hydroxylation is 1. The summed E-state index contributed by atoms with van der Waals surface area (Å²) in [5, 5.41) is 22.2. The number of rotatable bonds is 7. The Hall–Kier alpha value is -2.94. The maximum atomic E-state index is 13.9. The normalized spacial score (nSPS) is 24.9. The summed E-state index contributed by atoms with van der Waals surface area (Å²) in [6.45, 7) is 9.68. The topological polar surface area (TPSA) is 104 Å². The molecule has 3 heterocycles. The van der Waals surface area contributed by atoms with Crippen LogP contribution in [-0.2, 0) is 9.59 Å². The van der Waals surface area contributed by atoms with Crippen molar-refractivity contribution in [3.8, 4) is 0 Å². The van der Waals surface area contributed by atoms with Gasteiger partial charge in [0.25, 0.3) is 0 Å². The number of hydrogen-bond donors (Lipinski definition) is 2. The van der Waals surface area contributed by atoms with E-state index in [1.54, 1.807) is 9.58 Å². The largest absolute Gasteiger partial charge is 0.391 e. The zero-order valence-corrected chi connectivity index (χ0v) is 22.4. The van der Waals surface area contributed by atoms with E-state index < -0.39 is 23.6 Å². The third-order valence-corrected chi connectivity index (χ3v) is 7.96. The van der Waals surface area contributed by atoms with Crippen molar-refractivity contribution in [2.24, 2.45) is 5.41 Å². The van der Waals surface area contributed by atoms with Gasteiger partial charge in [-0.05, 0) is 50.2 Å². The zero-order chi connectivity index (χ0) is 26.3. The van der Waals surface area contributed by atoms with Crippen molar-refractivity contribution in [1.29, 1.82) is 0 Å². The van der Waals surface area contributed by atoms with Gasteiger partial charge in [0.15, 0.2) is 0 Å².